The molecule has 1 heterocycles. The van der Waals surface area contributed by atoms with Crippen LogP contribution in [0.25, 0.3) is 0 Å². The molecule has 0 aliphatic carbocycles. The van der Waals surface area contributed by atoms with E-state index >= 15 is 0 Å². The van der Waals surface area contributed by atoms with E-state index in [1.165, 1.54) is 11.6 Å². The van der Waals surface area contributed by atoms with Gasteiger partial charge in [-0.25, -0.2) is 4.39 Å². The molecule has 1 N–H and O–H groups in total. The molecule has 0 bridgehead atoms. The Morgan fingerprint density at radius 3 is 2.27 bits per heavy atom. The van der Waals surface area contributed by atoms with E-state index in [2.05, 4.69) is 26.0 Å². The number of rotatable bonds is 7. The molecule has 0 amide bonds. The lowest BCUT2D eigenvalue weighted by atomic mass is 9.78. The van der Waals surface area contributed by atoms with Crippen molar-refractivity contribution in [2.75, 3.05) is 6.61 Å². The molecular weight excluding hydrogens is 382 g/mol. The van der Waals surface area contributed by atoms with Gasteiger partial charge in [-0.1, -0.05) is 38.1 Å². The number of hydrogen-bond acceptors (Lipinski definition) is 4. The van der Waals surface area contributed by atoms with Crippen LogP contribution in [0.1, 0.15) is 64.2 Å². The summed E-state index contributed by atoms with van der Waals surface area (Å²) in [6.07, 6.45) is 0.610. The highest BCUT2D eigenvalue weighted by atomic mass is 19.1. The minimum atomic E-state index is -0.742. The largest absolute Gasteiger partial charge is 0.497 e. The lowest BCUT2D eigenvalue weighted by Crippen LogP contribution is -2.41. The van der Waals surface area contributed by atoms with Crippen LogP contribution < -0.4 is 10.2 Å². The van der Waals surface area contributed by atoms with Gasteiger partial charge in [0, 0.05) is 18.1 Å². The summed E-state index contributed by atoms with van der Waals surface area (Å²) in [6.45, 7) is 12.5. The van der Waals surface area contributed by atoms with Crippen molar-refractivity contribution in [3.8, 4) is 5.75 Å². The van der Waals surface area contributed by atoms with E-state index in [4.69, 9.17) is 14.0 Å². The average molecular weight is 414 g/mol. The molecule has 3 rings (SSSR count). The van der Waals surface area contributed by atoms with Gasteiger partial charge in [-0.2, -0.15) is 0 Å². The second-order valence-electron chi connectivity index (χ2n) is 9.22. The van der Waals surface area contributed by atoms with Crippen molar-refractivity contribution >= 4 is 12.6 Å². The van der Waals surface area contributed by atoms with Crippen LogP contribution >= 0.6 is 0 Å². The summed E-state index contributed by atoms with van der Waals surface area (Å²) in [6, 6.07) is 10.9. The zero-order valence-electron chi connectivity index (χ0n) is 18.8. The lowest BCUT2D eigenvalue weighted by Gasteiger charge is -2.32. The normalized spacial score (nSPS) is 17.6. The predicted octanol–water partition coefficient (Wildman–Crippen LogP) is 4.36. The number of aliphatic hydroxyl groups excluding tert-OH is 1. The van der Waals surface area contributed by atoms with Gasteiger partial charge in [-0.05, 0) is 62.8 Å². The molecule has 0 spiro atoms. The summed E-state index contributed by atoms with van der Waals surface area (Å²) in [4.78, 5) is 0. The minimum Gasteiger partial charge on any atom is -0.489 e. The predicted molar refractivity (Wildman–Crippen MR) is 118 cm³/mol. The molecular formula is C24H32BFO4. The summed E-state index contributed by atoms with van der Waals surface area (Å²) in [5, 5.41) is 9.34. The Labute approximate surface area is 179 Å². The maximum absolute atomic E-state index is 14.8. The van der Waals surface area contributed by atoms with Crippen LogP contribution in [0.4, 0.5) is 4.39 Å². The summed E-state index contributed by atoms with van der Waals surface area (Å²) < 4.78 is 32.5. The second kappa shape index (κ2) is 8.70. The Hall–Kier alpha value is -1.89. The van der Waals surface area contributed by atoms with Crippen molar-refractivity contribution < 1.29 is 23.5 Å². The molecule has 1 aliphatic rings. The molecule has 2 aromatic rings. The first-order chi connectivity index (χ1) is 14.0. The molecule has 162 valence electrons. The highest BCUT2D eigenvalue weighted by Crippen LogP contribution is 2.36. The van der Waals surface area contributed by atoms with Crippen LogP contribution in [0.2, 0.25) is 0 Å². The molecule has 6 heteroatoms. The van der Waals surface area contributed by atoms with E-state index in [1.807, 2.05) is 33.8 Å². The third kappa shape index (κ3) is 4.71. The van der Waals surface area contributed by atoms with E-state index in [1.54, 1.807) is 12.1 Å². The maximum atomic E-state index is 14.8. The standard InChI is InChI=1S/C24H32BFO4/c1-16(2)20-9-7-17(13-18(20)11-12-27)15-28-19-8-10-21(22(26)14-19)25-29-23(3,4)24(5,6)30-25/h7-10,13-14,16,27H,11-12,15H2,1-6H3. The van der Waals surface area contributed by atoms with E-state index in [9.17, 15) is 9.50 Å². The van der Waals surface area contributed by atoms with E-state index in [-0.39, 0.29) is 6.61 Å². The van der Waals surface area contributed by atoms with E-state index in [0.29, 0.717) is 30.2 Å². The fourth-order valence-corrected chi connectivity index (χ4v) is 3.57. The van der Waals surface area contributed by atoms with Gasteiger partial charge in [-0.3, -0.25) is 0 Å². The number of aliphatic hydroxyl groups is 1. The van der Waals surface area contributed by atoms with Gasteiger partial charge in [0.15, 0.2) is 0 Å². The summed E-state index contributed by atoms with van der Waals surface area (Å²) >= 11 is 0. The Kier molecular flexibility index (Phi) is 6.61. The van der Waals surface area contributed by atoms with Crippen LogP contribution in [0, 0.1) is 5.82 Å². The topological polar surface area (TPSA) is 47.9 Å². The van der Waals surface area contributed by atoms with Gasteiger partial charge in [0.2, 0.25) is 0 Å². The summed E-state index contributed by atoms with van der Waals surface area (Å²) in [7, 11) is -0.742. The average Bonchev–Trinajstić information content (AvgIpc) is 2.87. The quantitative estimate of drug-likeness (QED) is 0.684. The SMILES string of the molecule is CC(C)c1ccc(COc2ccc(B3OC(C)(C)C(C)(C)O3)c(F)c2)cc1CCO. The van der Waals surface area contributed by atoms with Crippen molar-refractivity contribution in [1.29, 1.82) is 0 Å². The smallest absolute Gasteiger partial charge is 0.489 e. The Balaban J connectivity index is 1.71. The molecule has 0 saturated carbocycles. The fraction of sp³-hybridized carbons (Fsp3) is 0.500. The first-order valence-corrected chi connectivity index (χ1v) is 10.5. The minimum absolute atomic E-state index is 0.107. The monoisotopic (exact) mass is 414 g/mol. The maximum Gasteiger partial charge on any atom is 0.497 e. The molecule has 0 aromatic heterocycles. The molecule has 0 atom stereocenters. The van der Waals surface area contributed by atoms with E-state index in [0.717, 1.165) is 11.1 Å². The second-order valence-corrected chi connectivity index (χ2v) is 9.22. The highest BCUT2D eigenvalue weighted by Gasteiger charge is 2.52. The summed E-state index contributed by atoms with van der Waals surface area (Å²) in [5.41, 5.74) is 2.66. The van der Waals surface area contributed by atoms with Crippen molar-refractivity contribution in [2.45, 2.75) is 71.7 Å². The molecule has 0 radical (unpaired) electrons. The van der Waals surface area contributed by atoms with Gasteiger partial charge in [0.05, 0.1) is 11.2 Å². The Morgan fingerprint density at radius 2 is 1.70 bits per heavy atom. The van der Waals surface area contributed by atoms with E-state index < -0.39 is 24.1 Å². The Morgan fingerprint density at radius 1 is 1.03 bits per heavy atom. The molecule has 1 aliphatic heterocycles. The lowest BCUT2D eigenvalue weighted by molar-refractivity contribution is 0.00578. The third-order valence-corrected chi connectivity index (χ3v) is 6.10. The molecule has 0 unspecified atom stereocenters. The van der Waals surface area contributed by atoms with Crippen LogP contribution in [0.15, 0.2) is 36.4 Å². The molecule has 1 fully saturated rings. The number of halogens is 1. The van der Waals surface area contributed by atoms with Gasteiger partial charge < -0.3 is 19.2 Å². The van der Waals surface area contributed by atoms with Crippen LogP contribution in [-0.4, -0.2) is 30.0 Å². The van der Waals surface area contributed by atoms with Gasteiger partial charge in [-0.15, -0.1) is 0 Å². The fourth-order valence-electron chi connectivity index (χ4n) is 3.57. The molecule has 1 saturated heterocycles. The Bertz CT molecular complexity index is 879. The van der Waals surface area contributed by atoms with Gasteiger partial charge >= 0.3 is 7.12 Å². The first kappa shape index (κ1) is 22.8. The van der Waals surface area contributed by atoms with Crippen LogP contribution in [-0.2, 0) is 22.3 Å². The highest BCUT2D eigenvalue weighted by molar-refractivity contribution is 6.62. The zero-order valence-corrected chi connectivity index (χ0v) is 18.8. The molecule has 4 nitrogen and oxygen atoms in total. The third-order valence-electron chi connectivity index (χ3n) is 6.10. The summed E-state index contributed by atoms with van der Waals surface area (Å²) in [5.74, 6) is 0.421. The zero-order chi connectivity index (χ0) is 22.1. The molecule has 30 heavy (non-hydrogen) atoms. The van der Waals surface area contributed by atoms with Crippen molar-refractivity contribution in [3.05, 3.63) is 58.9 Å². The first-order valence-electron chi connectivity index (χ1n) is 10.5. The van der Waals surface area contributed by atoms with Crippen molar-refractivity contribution in [2.24, 2.45) is 0 Å². The van der Waals surface area contributed by atoms with Gasteiger partial charge in [0.1, 0.15) is 18.2 Å². The van der Waals surface area contributed by atoms with Crippen LogP contribution in [0.3, 0.4) is 0 Å². The molecule has 2 aromatic carbocycles. The number of benzene rings is 2. The van der Waals surface area contributed by atoms with Crippen LogP contribution in [0.5, 0.6) is 5.75 Å². The number of ether oxygens (including phenoxy) is 1. The van der Waals surface area contributed by atoms with Gasteiger partial charge in [0.25, 0.3) is 0 Å². The van der Waals surface area contributed by atoms with Crippen molar-refractivity contribution in [1.82, 2.24) is 0 Å². The van der Waals surface area contributed by atoms with Crippen molar-refractivity contribution in [3.63, 3.8) is 0 Å². The number of hydrogen-bond donors (Lipinski definition) is 1.